The fraction of sp³-hybridized carbons (Fsp3) is 0.500. The third-order valence-electron chi connectivity index (χ3n) is 4.14. The van der Waals surface area contributed by atoms with E-state index in [4.69, 9.17) is 4.74 Å². The molecule has 1 aromatic carbocycles. The lowest BCUT2D eigenvalue weighted by molar-refractivity contribution is -0.151. The second-order valence-corrected chi connectivity index (χ2v) is 6.19. The Bertz CT molecular complexity index is 449. The summed E-state index contributed by atoms with van der Waals surface area (Å²) in [6.45, 7) is 0. The summed E-state index contributed by atoms with van der Waals surface area (Å²) in [5, 5.41) is 0. The van der Waals surface area contributed by atoms with Crippen LogP contribution >= 0.6 is 22.6 Å². The minimum absolute atomic E-state index is 0.119. The number of rotatable bonds is 2. The van der Waals surface area contributed by atoms with E-state index in [2.05, 4.69) is 22.6 Å². The minimum Gasteiger partial charge on any atom is -0.488 e. The van der Waals surface area contributed by atoms with Crippen LogP contribution in [0.3, 0.4) is 0 Å². The molecule has 17 heavy (non-hydrogen) atoms. The molecule has 0 radical (unpaired) electrons. The van der Waals surface area contributed by atoms with Crippen LogP contribution in [0.2, 0.25) is 0 Å². The van der Waals surface area contributed by atoms with Crippen LogP contribution in [0.15, 0.2) is 24.3 Å². The van der Waals surface area contributed by atoms with Crippen LogP contribution in [0, 0.1) is 8.99 Å². The number of ketones is 1. The second kappa shape index (κ2) is 4.26. The summed E-state index contributed by atoms with van der Waals surface area (Å²) in [5.74, 6) is 1.35. The van der Waals surface area contributed by atoms with E-state index < -0.39 is 0 Å². The fourth-order valence-electron chi connectivity index (χ4n) is 3.07. The zero-order valence-electron chi connectivity index (χ0n) is 9.62. The molecule has 3 rings (SSSR count). The highest BCUT2D eigenvalue weighted by atomic mass is 127. The number of carbonyl (C=O) groups excluding carboxylic acids is 1. The number of halogens is 1. The maximum absolute atomic E-state index is 11.9. The van der Waals surface area contributed by atoms with E-state index in [-0.39, 0.29) is 11.5 Å². The van der Waals surface area contributed by atoms with Gasteiger partial charge in [-0.2, -0.15) is 0 Å². The van der Waals surface area contributed by atoms with Crippen molar-refractivity contribution in [3.8, 4) is 5.75 Å². The van der Waals surface area contributed by atoms with Gasteiger partial charge in [0.15, 0.2) is 0 Å². The van der Waals surface area contributed by atoms with Crippen LogP contribution in [0.1, 0.15) is 32.1 Å². The Morgan fingerprint density at radius 2 is 1.94 bits per heavy atom. The first-order chi connectivity index (χ1) is 8.22. The molecule has 2 fully saturated rings. The van der Waals surface area contributed by atoms with Crippen molar-refractivity contribution in [2.45, 2.75) is 38.2 Å². The molecule has 0 saturated heterocycles. The lowest BCUT2D eigenvalue weighted by Gasteiger charge is -2.44. The Morgan fingerprint density at radius 1 is 1.24 bits per heavy atom. The van der Waals surface area contributed by atoms with Gasteiger partial charge in [-0.3, -0.25) is 4.79 Å². The summed E-state index contributed by atoms with van der Waals surface area (Å²) >= 11 is 2.28. The number of ether oxygens (including phenoxy) is 1. The van der Waals surface area contributed by atoms with Crippen LogP contribution in [-0.4, -0.2) is 11.9 Å². The van der Waals surface area contributed by atoms with Gasteiger partial charge >= 0.3 is 0 Å². The van der Waals surface area contributed by atoms with Gasteiger partial charge in [0.05, 0.1) is 8.99 Å². The SMILES string of the molecule is O=C1CC(Oc2ccccc2I)C12CCCC2. The van der Waals surface area contributed by atoms with E-state index in [1.807, 2.05) is 24.3 Å². The van der Waals surface area contributed by atoms with E-state index >= 15 is 0 Å². The molecule has 0 N–H and O–H groups in total. The highest BCUT2D eigenvalue weighted by molar-refractivity contribution is 14.1. The van der Waals surface area contributed by atoms with E-state index in [0.717, 1.165) is 22.2 Å². The third kappa shape index (κ3) is 1.79. The molecule has 2 saturated carbocycles. The van der Waals surface area contributed by atoms with Crippen molar-refractivity contribution in [1.82, 2.24) is 0 Å². The van der Waals surface area contributed by atoms with Crippen molar-refractivity contribution >= 4 is 28.4 Å². The quantitative estimate of drug-likeness (QED) is 0.768. The van der Waals surface area contributed by atoms with Gasteiger partial charge in [0, 0.05) is 6.42 Å². The normalized spacial score (nSPS) is 25.9. The van der Waals surface area contributed by atoms with Crippen molar-refractivity contribution in [2.75, 3.05) is 0 Å². The Labute approximate surface area is 115 Å². The smallest absolute Gasteiger partial charge is 0.146 e. The molecule has 0 heterocycles. The monoisotopic (exact) mass is 342 g/mol. The van der Waals surface area contributed by atoms with Gasteiger partial charge in [0.25, 0.3) is 0 Å². The van der Waals surface area contributed by atoms with Gasteiger partial charge in [-0.1, -0.05) is 25.0 Å². The molecule has 0 bridgehead atoms. The highest BCUT2D eigenvalue weighted by Gasteiger charge is 2.57. The highest BCUT2D eigenvalue weighted by Crippen LogP contribution is 2.52. The molecule has 3 heteroatoms. The van der Waals surface area contributed by atoms with Crippen LogP contribution < -0.4 is 4.74 Å². The van der Waals surface area contributed by atoms with Crippen molar-refractivity contribution in [2.24, 2.45) is 5.41 Å². The average Bonchev–Trinajstić information content (AvgIpc) is 2.83. The number of hydrogen-bond acceptors (Lipinski definition) is 2. The summed E-state index contributed by atoms with van der Waals surface area (Å²) in [4.78, 5) is 11.9. The number of carbonyl (C=O) groups is 1. The van der Waals surface area contributed by atoms with Crippen molar-refractivity contribution in [1.29, 1.82) is 0 Å². The maximum atomic E-state index is 11.9. The molecule has 1 spiro atoms. The van der Waals surface area contributed by atoms with Gasteiger partial charge in [-0.25, -0.2) is 0 Å². The summed E-state index contributed by atoms with van der Waals surface area (Å²) in [6, 6.07) is 8.02. The molecule has 0 aromatic heterocycles. The maximum Gasteiger partial charge on any atom is 0.146 e. The van der Waals surface area contributed by atoms with E-state index in [9.17, 15) is 4.79 Å². The molecule has 0 aliphatic heterocycles. The molecule has 2 nitrogen and oxygen atoms in total. The van der Waals surface area contributed by atoms with Gasteiger partial charge in [-0.05, 0) is 47.6 Å². The summed E-state index contributed by atoms with van der Waals surface area (Å²) < 4.78 is 7.18. The first kappa shape index (κ1) is 11.5. The number of benzene rings is 1. The predicted octanol–water partition coefficient (Wildman–Crippen LogP) is 3.57. The van der Waals surface area contributed by atoms with E-state index in [0.29, 0.717) is 12.2 Å². The fourth-order valence-corrected chi connectivity index (χ4v) is 3.58. The van der Waals surface area contributed by atoms with Gasteiger partial charge in [-0.15, -0.1) is 0 Å². The molecule has 1 aromatic rings. The molecule has 1 unspecified atom stereocenters. The Kier molecular flexibility index (Phi) is 2.89. The van der Waals surface area contributed by atoms with Crippen LogP contribution in [-0.2, 0) is 4.79 Å². The lowest BCUT2D eigenvalue weighted by atomic mass is 9.63. The second-order valence-electron chi connectivity index (χ2n) is 5.03. The first-order valence-corrected chi connectivity index (χ1v) is 7.25. The predicted molar refractivity (Wildman–Crippen MR) is 74.1 cm³/mol. The molecule has 1 atom stereocenters. The molecule has 90 valence electrons. The Hall–Kier alpha value is -0.580. The first-order valence-electron chi connectivity index (χ1n) is 6.17. The summed E-state index contributed by atoms with van der Waals surface area (Å²) in [5.41, 5.74) is -0.126. The molecule has 2 aliphatic rings. The van der Waals surface area contributed by atoms with Gasteiger partial charge in [0.2, 0.25) is 0 Å². The molecule has 2 aliphatic carbocycles. The topological polar surface area (TPSA) is 26.3 Å². The molecular weight excluding hydrogens is 327 g/mol. The van der Waals surface area contributed by atoms with Crippen molar-refractivity contribution in [3.63, 3.8) is 0 Å². The lowest BCUT2D eigenvalue weighted by Crippen LogP contribution is -2.55. The zero-order valence-corrected chi connectivity index (χ0v) is 11.8. The van der Waals surface area contributed by atoms with Gasteiger partial charge < -0.3 is 4.74 Å². The van der Waals surface area contributed by atoms with E-state index in [1.54, 1.807) is 0 Å². The molecular formula is C14H15IO2. The van der Waals surface area contributed by atoms with Crippen LogP contribution in [0.25, 0.3) is 0 Å². The Morgan fingerprint density at radius 3 is 2.59 bits per heavy atom. The average molecular weight is 342 g/mol. The zero-order chi connectivity index (χ0) is 11.9. The van der Waals surface area contributed by atoms with Gasteiger partial charge in [0.1, 0.15) is 17.6 Å². The van der Waals surface area contributed by atoms with E-state index in [1.165, 1.54) is 12.8 Å². The number of para-hydroxylation sites is 1. The van der Waals surface area contributed by atoms with Crippen LogP contribution in [0.5, 0.6) is 5.75 Å². The standard InChI is InChI=1S/C14H15IO2/c15-10-5-1-2-6-11(10)17-13-9-12(16)14(13)7-3-4-8-14/h1-2,5-6,13H,3-4,7-9H2. The number of hydrogen-bond donors (Lipinski definition) is 0. The number of Topliss-reactive ketones (excluding diaryl/α,β-unsaturated/α-hetero) is 1. The summed E-state index contributed by atoms with van der Waals surface area (Å²) in [7, 11) is 0. The minimum atomic E-state index is -0.126. The van der Waals surface area contributed by atoms with Crippen molar-refractivity contribution in [3.05, 3.63) is 27.8 Å². The summed E-state index contributed by atoms with van der Waals surface area (Å²) in [6.07, 6.45) is 5.13. The van der Waals surface area contributed by atoms with Crippen LogP contribution in [0.4, 0.5) is 0 Å². The Balaban J connectivity index is 1.79. The largest absolute Gasteiger partial charge is 0.488 e. The third-order valence-corrected chi connectivity index (χ3v) is 5.04. The molecule has 0 amide bonds. The van der Waals surface area contributed by atoms with Crippen molar-refractivity contribution < 1.29 is 9.53 Å².